The predicted octanol–water partition coefficient (Wildman–Crippen LogP) is 5.29. The van der Waals surface area contributed by atoms with E-state index in [1.54, 1.807) is 18.0 Å². The van der Waals surface area contributed by atoms with Crippen LogP contribution in [0.4, 0.5) is 4.79 Å². The fourth-order valence-corrected chi connectivity index (χ4v) is 6.40. The van der Waals surface area contributed by atoms with Gasteiger partial charge in [-0.1, -0.05) is 68.3 Å². The number of unbranched alkanes of at least 4 members (excludes halogenated alkanes) is 1. The van der Waals surface area contributed by atoms with E-state index in [0.29, 0.717) is 19.3 Å². The molecule has 0 aliphatic heterocycles. The first kappa shape index (κ1) is 29.0. The van der Waals surface area contributed by atoms with Gasteiger partial charge in [0.05, 0.1) is 11.6 Å². The molecule has 8 nitrogen and oxygen atoms in total. The molecular formula is C28H42N4O4S. The molecule has 1 aliphatic rings. The highest BCUT2D eigenvalue weighted by Gasteiger charge is 2.50. The Balaban J connectivity index is 1.75. The Labute approximate surface area is 224 Å². The second-order valence-electron chi connectivity index (χ2n) is 10.5. The molecule has 1 fully saturated rings. The Kier molecular flexibility index (Phi) is 10.5. The van der Waals surface area contributed by atoms with Crippen molar-refractivity contribution in [3.8, 4) is 0 Å². The molecule has 1 aliphatic carbocycles. The lowest BCUT2D eigenvalue weighted by Gasteiger charge is -2.50. The van der Waals surface area contributed by atoms with Crippen LogP contribution < -0.4 is 10.6 Å². The van der Waals surface area contributed by atoms with Crippen LogP contribution in [-0.4, -0.2) is 49.2 Å². The molecule has 0 saturated heterocycles. The Bertz CT molecular complexity index is 1010. The molecule has 3 rings (SSSR count). The van der Waals surface area contributed by atoms with E-state index in [2.05, 4.69) is 15.6 Å². The second-order valence-corrected chi connectivity index (χ2v) is 11.6. The van der Waals surface area contributed by atoms with Gasteiger partial charge in [0.1, 0.15) is 0 Å². The van der Waals surface area contributed by atoms with Crippen molar-refractivity contribution < 1.29 is 19.8 Å². The zero-order valence-corrected chi connectivity index (χ0v) is 23.1. The fourth-order valence-electron chi connectivity index (χ4n) is 5.53. The van der Waals surface area contributed by atoms with Crippen molar-refractivity contribution >= 4 is 23.8 Å². The number of aliphatic hydroxyl groups excluding tert-OH is 1. The van der Waals surface area contributed by atoms with E-state index < -0.39 is 23.6 Å². The number of hydrogen-bond donors (Lipinski definition) is 4. The first-order valence-corrected chi connectivity index (χ1v) is 14.3. The largest absolute Gasteiger partial charge is 0.465 e. The number of thioether (sulfide) groups is 1. The van der Waals surface area contributed by atoms with Gasteiger partial charge in [-0.3, -0.25) is 4.79 Å². The molecule has 3 atom stereocenters. The molecule has 204 valence electrons. The average molecular weight is 531 g/mol. The van der Waals surface area contributed by atoms with Crippen molar-refractivity contribution in [2.24, 2.45) is 12.5 Å². The number of aromatic nitrogens is 2. The van der Waals surface area contributed by atoms with Gasteiger partial charge in [0.15, 0.2) is 11.3 Å². The molecule has 37 heavy (non-hydrogen) atoms. The number of nitrogens with zero attached hydrogens (tertiary/aromatic N) is 2. The summed E-state index contributed by atoms with van der Waals surface area (Å²) in [5, 5.41) is 27.8. The zero-order valence-electron chi connectivity index (χ0n) is 22.3. The monoisotopic (exact) mass is 530 g/mol. The minimum absolute atomic E-state index is 0.0926. The van der Waals surface area contributed by atoms with Gasteiger partial charge in [0, 0.05) is 25.2 Å². The third-order valence-corrected chi connectivity index (χ3v) is 8.87. The highest BCUT2D eigenvalue weighted by molar-refractivity contribution is 7.99. The number of nitrogens with one attached hydrogen (secondary N) is 2. The van der Waals surface area contributed by atoms with E-state index in [1.807, 2.05) is 62.0 Å². The lowest BCUT2D eigenvalue weighted by Crippen LogP contribution is -2.63. The summed E-state index contributed by atoms with van der Waals surface area (Å²) >= 11 is 1.72. The van der Waals surface area contributed by atoms with E-state index >= 15 is 0 Å². The Morgan fingerprint density at radius 1 is 1.24 bits per heavy atom. The van der Waals surface area contributed by atoms with Gasteiger partial charge >= 0.3 is 6.09 Å². The van der Waals surface area contributed by atoms with Crippen molar-refractivity contribution in [3.05, 3.63) is 48.3 Å². The second kappa shape index (κ2) is 13.3. The van der Waals surface area contributed by atoms with Crippen LogP contribution in [0, 0.1) is 5.41 Å². The van der Waals surface area contributed by atoms with E-state index in [9.17, 15) is 19.8 Å². The maximum atomic E-state index is 13.3. The Hall–Kier alpha value is -2.52. The van der Waals surface area contributed by atoms with E-state index in [0.717, 1.165) is 55.0 Å². The average Bonchev–Trinajstić information content (AvgIpc) is 3.27. The molecule has 0 spiro atoms. The highest BCUT2D eigenvalue weighted by Crippen LogP contribution is 2.52. The molecule has 0 radical (unpaired) electrons. The normalized spacial score (nSPS) is 17.7. The van der Waals surface area contributed by atoms with Crippen molar-refractivity contribution in [1.82, 2.24) is 20.2 Å². The summed E-state index contributed by atoms with van der Waals surface area (Å²) < 4.78 is 2.00. The minimum Gasteiger partial charge on any atom is -0.465 e. The van der Waals surface area contributed by atoms with E-state index in [1.165, 1.54) is 0 Å². The smallest absolute Gasteiger partial charge is 0.405 e. The van der Waals surface area contributed by atoms with E-state index in [4.69, 9.17) is 0 Å². The SMILES string of the molecule is CCCCC(CC1(CCCSc2nccn2C)CCC1)(NC(=O)O)C(O)C(=O)N[C@H](C)c1ccccc1. The van der Waals surface area contributed by atoms with Crippen LogP contribution in [0.2, 0.25) is 0 Å². The molecule has 0 bridgehead atoms. The van der Waals surface area contributed by atoms with Gasteiger partial charge in [0.2, 0.25) is 0 Å². The summed E-state index contributed by atoms with van der Waals surface area (Å²) in [6.07, 6.45) is 8.36. The summed E-state index contributed by atoms with van der Waals surface area (Å²) in [6.45, 7) is 3.90. The van der Waals surface area contributed by atoms with Crippen LogP contribution in [0.15, 0.2) is 47.9 Å². The number of carbonyl (C=O) groups excluding carboxylic acids is 1. The van der Waals surface area contributed by atoms with Gasteiger partial charge in [-0.15, -0.1) is 0 Å². The lowest BCUT2D eigenvalue weighted by atomic mass is 9.59. The van der Waals surface area contributed by atoms with Crippen LogP contribution in [-0.2, 0) is 11.8 Å². The van der Waals surface area contributed by atoms with Crippen molar-refractivity contribution in [1.29, 1.82) is 0 Å². The van der Waals surface area contributed by atoms with Crippen LogP contribution >= 0.6 is 11.8 Å². The van der Waals surface area contributed by atoms with Gasteiger partial charge < -0.3 is 25.4 Å². The highest BCUT2D eigenvalue weighted by atomic mass is 32.2. The molecule has 2 unspecified atom stereocenters. The lowest BCUT2D eigenvalue weighted by molar-refractivity contribution is -0.136. The predicted molar refractivity (Wildman–Crippen MR) is 146 cm³/mol. The molecule has 1 heterocycles. The summed E-state index contributed by atoms with van der Waals surface area (Å²) in [5.41, 5.74) is -0.408. The van der Waals surface area contributed by atoms with Gasteiger partial charge in [-0.25, -0.2) is 9.78 Å². The van der Waals surface area contributed by atoms with Crippen LogP contribution in [0.25, 0.3) is 0 Å². The van der Waals surface area contributed by atoms with Gasteiger partial charge in [0.25, 0.3) is 5.91 Å². The quantitative estimate of drug-likeness (QED) is 0.184. The zero-order chi connectivity index (χ0) is 26.9. The maximum Gasteiger partial charge on any atom is 0.405 e. The number of aliphatic hydroxyl groups is 1. The number of aryl methyl sites for hydroxylation is 1. The minimum atomic E-state index is -1.49. The topological polar surface area (TPSA) is 116 Å². The van der Waals surface area contributed by atoms with Crippen LogP contribution in [0.1, 0.15) is 83.2 Å². The van der Waals surface area contributed by atoms with Crippen molar-refractivity contribution in [2.75, 3.05) is 5.75 Å². The number of benzene rings is 1. The summed E-state index contributed by atoms with van der Waals surface area (Å²) in [4.78, 5) is 29.7. The van der Waals surface area contributed by atoms with Crippen molar-refractivity contribution in [2.45, 2.75) is 94.5 Å². The summed E-state index contributed by atoms with van der Waals surface area (Å²) in [7, 11) is 1.98. The Morgan fingerprint density at radius 2 is 1.97 bits per heavy atom. The maximum absolute atomic E-state index is 13.3. The van der Waals surface area contributed by atoms with Gasteiger partial charge in [-0.2, -0.15) is 0 Å². The molecule has 4 N–H and O–H groups in total. The number of rotatable bonds is 15. The number of carboxylic acid groups (broad SMARTS) is 1. The van der Waals surface area contributed by atoms with E-state index in [-0.39, 0.29) is 11.5 Å². The molecule has 1 aromatic carbocycles. The van der Waals surface area contributed by atoms with Crippen LogP contribution in [0.3, 0.4) is 0 Å². The Morgan fingerprint density at radius 3 is 2.54 bits per heavy atom. The third kappa shape index (κ3) is 7.74. The first-order valence-electron chi connectivity index (χ1n) is 13.3. The molecule has 9 heteroatoms. The molecular weight excluding hydrogens is 488 g/mol. The number of hydrogen-bond acceptors (Lipinski definition) is 5. The number of imidazole rings is 1. The van der Waals surface area contributed by atoms with Crippen molar-refractivity contribution in [3.63, 3.8) is 0 Å². The van der Waals surface area contributed by atoms with Crippen LogP contribution in [0.5, 0.6) is 0 Å². The summed E-state index contributed by atoms with van der Waals surface area (Å²) in [5.74, 6) is 0.375. The first-order chi connectivity index (χ1) is 17.7. The molecule has 1 aromatic heterocycles. The molecule has 1 saturated carbocycles. The fraction of sp³-hybridized carbons (Fsp3) is 0.607. The molecule has 2 amide bonds. The third-order valence-electron chi connectivity index (χ3n) is 7.73. The standard InChI is InChI=1S/C28H42N4O4S/c1-4-5-16-28(31-26(35)36,23(33)24(34)30-21(2)22-11-7-6-8-12-22)20-27(13-9-14-27)15-10-19-37-25-29-17-18-32(25)3/h6-8,11-12,17-18,21,23,31,33H,4-5,9-10,13-16,19-20H2,1-3H3,(H,30,34)(H,35,36)/t21-,23?,28?/m1/s1. The number of carbonyl (C=O) groups is 2. The molecule has 2 aromatic rings. The summed E-state index contributed by atoms with van der Waals surface area (Å²) in [6, 6.07) is 9.24. The number of amides is 2. The van der Waals surface area contributed by atoms with Gasteiger partial charge in [-0.05, 0) is 56.4 Å².